The molecule has 1 aromatic rings. The number of nitrogens with one attached hydrogen (secondary N) is 1. The molecule has 1 aliphatic carbocycles. The molecule has 1 aliphatic heterocycles. The molecule has 0 amide bonds. The minimum atomic E-state index is 0.280. The summed E-state index contributed by atoms with van der Waals surface area (Å²) in [6, 6.07) is 7.00. The zero-order valence-electron chi connectivity index (χ0n) is 13.1. The first-order valence-electron chi connectivity index (χ1n) is 8.48. The molecule has 21 heavy (non-hydrogen) atoms. The highest BCUT2D eigenvalue weighted by Crippen LogP contribution is 2.35. The molecule has 0 radical (unpaired) electrons. The van der Waals surface area contributed by atoms with Gasteiger partial charge in [-0.25, -0.2) is 0 Å². The van der Waals surface area contributed by atoms with Crippen molar-refractivity contribution in [1.82, 2.24) is 5.32 Å². The van der Waals surface area contributed by atoms with Crippen LogP contribution >= 0.6 is 0 Å². The van der Waals surface area contributed by atoms with Crippen molar-refractivity contribution in [3.05, 3.63) is 29.3 Å². The second kappa shape index (κ2) is 7.28. The van der Waals surface area contributed by atoms with Gasteiger partial charge in [-0.2, -0.15) is 0 Å². The summed E-state index contributed by atoms with van der Waals surface area (Å²) in [6.45, 7) is 4.78. The summed E-state index contributed by atoms with van der Waals surface area (Å²) in [6.07, 6.45) is 7.49. The molecule has 0 aromatic heterocycles. The number of hydrogen-bond acceptors (Lipinski definition) is 3. The Morgan fingerprint density at radius 2 is 2.19 bits per heavy atom. The topological polar surface area (TPSA) is 30.5 Å². The summed E-state index contributed by atoms with van der Waals surface area (Å²) in [5.41, 5.74) is 2.84. The molecule has 1 heterocycles. The van der Waals surface area contributed by atoms with Crippen molar-refractivity contribution in [3.8, 4) is 5.75 Å². The van der Waals surface area contributed by atoms with E-state index in [1.54, 1.807) is 0 Å². The molecule has 0 saturated carbocycles. The van der Waals surface area contributed by atoms with Crippen LogP contribution in [0.2, 0.25) is 0 Å². The number of benzene rings is 1. The number of rotatable bonds is 5. The first kappa shape index (κ1) is 14.9. The average Bonchev–Trinajstić information content (AvgIpc) is 2.54. The molecular weight excluding hydrogens is 262 g/mol. The van der Waals surface area contributed by atoms with E-state index >= 15 is 0 Å². The van der Waals surface area contributed by atoms with Crippen molar-refractivity contribution >= 4 is 0 Å². The van der Waals surface area contributed by atoms with E-state index in [0.717, 1.165) is 31.7 Å². The Kier molecular flexibility index (Phi) is 5.15. The zero-order valence-corrected chi connectivity index (χ0v) is 13.1. The van der Waals surface area contributed by atoms with Crippen LogP contribution < -0.4 is 10.1 Å². The van der Waals surface area contributed by atoms with Crippen LogP contribution in [0, 0.1) is 0 Å². The van der Waals surface area contributed by atoms with Crippen LogP contribution in [-0.4, -0.2) is 25.9 Å². The molecule has 0 spiro atoms. The van der Waals surface area contributed by atoms with Gasteiger partial charge < -0.3 is 14.8 Å². The lowest BCUT2D eigenvalue weighted by Crippen LogP contribution is -2.27. The zero-order chi connectivity index (χ0) is 14.5. The molecule has 3 heteroatoms. The van der Waals surface area contributed by atoms with E-state index in [1.807, 2.05) is 0 Å². The number of hydrogen-bond donors (Lipinski definition) is 1. The summed E-state index contributed by atoms with van der Waals surface area (Å²) in [5.74, 6) is 1.07. The van der Waals surface area contributed by atoms with Gasteiger partial charge in [0.05, 0.1) is 6.10 Å². The standard InChI is InChI=1S/C18H27NO2/c1-2-19-17-10-5-9-16-15(17)8-6-11-18(16)21-13-14-7-3-4-12-20-14/h6,8,11,14,17,19H,2-5,7,9-10,12-13H2,1H3. The largest absolute Gasteiger partial charge is 0.491 e. The molecule has 2 unspecified atom stereocenters. The lowest BCUT2D eigenvalue weighted by Gasteiger charge is -2.29. The van der Waals surface area contributed by atoms with Crippen molar-refractivity contribution in [2.45, 2.75) is 57.6 Å². The van der Waals surface area contributed by atoms with Gasteiger partial charge in [0.25, 0.3) is 0 Å². The predicted octanol–water partition coefficient (Wildman–Crippen LogP) is 3.62. The van der Waals surface area contributed by atoms with Gasteiger partial charge >= 0.3 is 0 Å². The minimum absolute atomic E-state index is 0.280. The Labute approximate surface area is 128 Å². The van der Waals surface area contributed by atoms with Crippen molar-refractivity contribution in [3.63, 3.8) is 0 Å². The van der Waals surface area contributed by atoms with Gasteiger partial charge in [0.1, 0.15) is 12.4 Å². The maximum Gasteiger partial charge on any atom is 0.122 e. The van der Waals surface area contributed by atoms with E-state index in [4.69, 9.17) is 9.47 Å². The monoisotopic (exact) mass is 289 g/mol. The highest BCUT2D eigenvalue weighted by atomic mass is 16.5. The van der Waals surface area contributed by atoms with Crippen LogP contribution in [0.25, 0.3) is 0 Å². The fourth-order valence-corrected chi connectivity index (χ4v) is 3.53. The molecule has 2 aliphatic rings. The Morgan fingerprint density at radius 3 is 3.00 bits per heavy atom. The Bertz CT molecular complexity index is 455. The van der Waals surface area contributed by atoms with Crippen molar-refractivity contribution in [2.75, 3.05) is 19.8 Å². The highest BCUT2D eigenvalue weighted by molar-refractivity contribution is 5.43. The van der Waals surface area contributed by atoms with Gasteiger partial charge in [-0.05, 0) is 62.3 Å². The van der Waals surface area contributed by atoms with E-state index in [-0.39, 0.29) is 6.10 Å². The molecule has 116 valence electrons. The average molecular weight is 289 g/mol. The van der Waals surface area contributed by atoms with Crippen molar-refractivity contribution < 1.29 is 9.47 Å². The smallest absolute Gasteiger partial charge is 0.122 e. The van der Waals surface area contributed by atoms with E-state index in [2.05, 4.69) is 30.4 Å². The predicted molar refractivity (Wildman–Crippen MR) is 84.9 cm³/mol. The van der Waals surface area contributed by atoms with Gasteiger partial charge in [0, 0.05) is 12.6 Å². The van der Waals surface area contributed by atoms with Crippen LogP contribution in [-0.2, 0) is 11.2 Å². The molecule has 1 aromatic carbocycles. The Hall–Kier alpha value is -1.06. The maximum absolute atomic E-state index is 6.12. The van der Waals surface area contributed by atoms with Gasteiger partial charge in [-0.1, -0.05) is 19.1 Å². The third-order valence-corrected chi connectivity index (χ3v) is 4.61. The Balaban J connectivity index is 1.69. The summed E-state index contributed by atoms with van der Waals surface area (Å²) < 4.78 is 11.9. The van der Waals surface area contributed by atoms with Crippen LogP contribution in [0.3, 0.4) is 0 Å². The molecule has 3 nitrogen and oxygen atoms in total. The third kappa shape index (κ3) is 3.58. The van der Waals surface area contributed by atoms with E-state index in [1.165, 1.54) is 36.8 Å². The molecule has 1 saturated heterocycles. The summed E-state index contributed by atoms with van der Waals surface area (Å²) in [5, 5.41) is 3.59. The quantitative estimate of drug-likeness (QED) is 0.898. The molecule has 0 bridgehead atoms. The SMILES string of the molecule is CCNC1CCCc2c(OCC3CCCCO3)cccc21. The molecular formula is C18H27NO2. The molecule has 2 atom stereocenters. The normalized spacial score (nSPS) is 25.4. The van der Waals surface area contributed by atoms with Gasteiger partial charge in [0.15, 0.2) is 0 Å². The summed E-state index contributed by atoms with van der Waals surface area (Å²) in [4.78, 5) is 0. The molecule has 1 fully saturated rings. The molecule has 1 N–H and O–H groups in total. The fraction of sp³-hybridized carbons (Fsp3) is 0.667. The second-order valence-corrected chi connectivity index (χ2v) is 6.13. The summed E-state index contributed by atoms with van der Waals surface area (Å²) in [7, 11) is 0. The van der Waals surface area contributed by atoms with Crippen LogP contribution in [0.4, 0.5) is 0 Å². The van der Waals surface area contributed by atoms with E-state index < -0.39 is 0 Å². The molecule has 3 rings (SSSR count). The summed E-state index contributed by atoms with van der Waals surface area (Å²) >= 11 is 0. The highest BCUT2D eigenvalue weighted by Gasteiger charge is 2.23. The maximum atomic E-state index is 6.12. The first-order chi connectivity index (χ1) is 10.4. The van der Waals surface area contributed by atoms with Gasteiger partial charge in [-0.15, -0.1) is 0 Å². The van der Waals surface area contributed by atoms with Crippen LogP contribution in [0.15, 0.2) is 18.2 Å². The van der Waals surface area contributed by atoms with E-state index in [9.17, 15) is 0 Å². The first-order valence-corrected chi connectivity index (χ1v) is 8.48. The third-order valence-electron chi connectivity index (χ3n) is 4.61. The van der Waals surface area contributed by atoms with Crippen molar-refractivity contribution in [1.29, 1.82) is 0 Å². The Morgan fingerprint density at radius 1 is 1.24 bits per heavy atom. The lowest BCUT2D eigenvalue weighted by molar-refractivity contribution is -0.0112. The minimum Gasteiger partial charge on any atom is -0.491 e. The number of fused-ring (bicyclic) bond motifs is 1. The van der Waals surface area contributed by atoms with Gasteiger partial charge in [0.2, 0.25) is 0 Å². The van der Waals surface area contributed by atoms with Crippen LogP contribution in [0.5, 0.6) is 5.75 Å². The van der Waals surface area contributed by atoms with E-state index in [0.29, 0.717) is 12.6 Å². The van der Waals surface area contributed by atoms with Gasteiger partial charge in [-0.3, -0.25) is 0 Å². The lowest BCUT2D eigenvalue weighted by atomic mass is 9.87. The fourth-order valence-electron chi connectivity index (χ4n) is 3.53. The van der Waals surface area contributed by atoms with Crippen molar-refractivity contribution in [2.24, 2.45) is 0 Å². The van der Waals surface area contributed by atoms with Crippen LogP contribution in [0.1, 0.15) is 56.2 Å². The number of ether oxygens (including phenoxy) is 2. The second-order valence-electron chi connectivity index (χ2n) is 6.13.